The number of rotatable bonds is 7. The summed E-state index contributed by atoms with van der Waals surface area (Å²) in [5.74, 6) is 1.18. The van der Waals surface area contributed by atoms with Gasteiger partial charge in [-0.25, -0.2) is 0 Å². The number of furan rings is 2. The monoisotopic (exact) mass is 339 g/mol. The van der Waals surface area contributed by atoms with Gasteiger partial charge < -0.3 is 18.8 Å². The van der Waals surface area contributed by atoms with Crippen molar-refractivity contribution in [3.05, 3.63) is 84.2 Å². The molecule has 2 heterocycles. The number of carbonyl (C=O) groups excluding carboxylic acids is 1. The van der Waals surface area contributed by atoms with Gasteiger partial charge in [0.2, 0.25) is 5.91 Å². The van der Waals surface area contributed by atoms with Gasteiger partial charge >= 0.3 is 0 Å². The average molecular weight is 339 g/mol. The summed E-state index contributed by atoms with van der Waals surface area (Å²) in [7, 11) is 0. The van der Waals surface area contributed by atoms with Gasteiger partial charge in [-0.15, -0.1) is 0 Å². The van der Waals surface area contributed by atoms with Crippen LogP contribution in [0.5, 0.6) is 0 Å². The standard InChI is InChI=1S/C20H21NO4/c1-20(23,16-7-3-2-4-8-16)13-19(22)21(14-17-9-5-11-24-17)15-18-10-6-12-25-18/h2-12,23H,13-15H2,1H3. The second kappa shape index (κ2) is 7.40. The molecule has 0 aliphatic rings. The zero-order valence-corrected chi connectivity index (χ0v) is 14.1. The maximum Gasteiger partial charge on any atom is 0.226 e. The zero-order valence-electron chi connectivity index (χ0n) is 14.1. The molecule has 1 atom stereocenters. The third kappa shape index (κ3) is 4.39. The van der Waals surface area contributed by atoms with Crippen LogP contribution in [0.2, 0.25) is 0 Å². The van der Waals surface area contributed by atoms with Gasteiger partial charge in [0.05, 0.1) is 37.6 Å². The lowest BCUT2D eigenvalue weighted by Gasteiger charge is -2.28. The van der Waals surface area contributed by atoms with Crippen LogP contribution >= 0.6 is 0 Å². The van der Waals surface area contributed by atoms with Crippen LogP contribution in [-0.4, -0.2) is 15.9 Å². The number of hydrogen-bond acceptors (Lipinski definition) is 4. The Morgan fingerprint density at radius 3 is 2.00 bits per heavy atom. The second-order valence-corrected chi connectivity index (χ2v) is 6.23. The Morgan fingerprint density at radius 1 is 0.960 bits per heavy atom. The summed E-state index contributed by atoms with van der Waals surface area (Å²) < 4.78 is 10.7. The van der Waals surface area contributed by atoms with Crippen molar-refractivity contribution in [2.24, 2.45) is 0 Å². The predicted molar refractivity (Wildman–Crippen MR) is 92.3 cm³/mol. The van der Waals surface area contributed by atoms with Crippen LogP contribution in [-0.2, 0) is 23.5 Å². The van der Waals surface area contributed by atoms with Crippen LogP contribution in [0.4, 0.5) is 0 Å². The Balaban J connectivity index is 1.76. The number of nitrogens with zero attached hydrogens (tertiary/aromatic N) is 1. The molecule has 1 aromatic carbocycles. The third-order valence-corrected chi connectivity index (χ3v) is 4.10. The van der Waals surface area contributed by atoms with Crippen molar-refractivity contribution in [2.45, 2.75) is 32.0 Å². The number of aliphatic hydroxyl groups is 1. The van der Waals surface area contributed by atoms with Gasteiger partial charge in [0.15, 0.2) is 0 Å². The SMILES string of the molecule is CC(O)(CC(=O)N(Cc1ccco1)Cc1ccco1)c1ccccc1. The molecule has 5 nitrogen and oxygen atoms in total. The quantitative estimate of drug-likeness (QED) is 0.713. The van der Waals surface area contributed by atoms with E-state index in [9.17, 15) is 9.90 Å². The highest BCUT2D eigenvalue weighted by Crippen LogP contribution is 2.26. The van der Waals surface area contributed by atoms with E-state index in [1.54, 1.807) is 36.5 Å². The van der Waals surface area contributed by atoms with E-state index in [2.05, 4.69) is 0 Å². The minimum absolute atomic E-state index is 0.0293. The van der Waals surface area contributed by atoms with Crippen molar-refractivity contribution in [3.8, 4) is 0 Å². The lowest BCUT2D eigenvalue weighted by atomic mass is 9.92. The summed E-state index contributed by atoms with van der Waals surface area (Å²) in [4.78, 5) is 14.5. The fraction of sp³-hybridized carbons (Fsp3) is 0.250. The molecule has 1 unspecified atom stereocenters. The van der Waals surface area contributed by atoms with Crippen LogP contribution in [0.3, 0.4) is 0 Å². The van der Waals surface area contributed by atoms with Crippen LogP contribution in [0.1, 0.15) is 30.4 Å². The number of amides is 1. The van der Waals surface area contributed by atoms with E-state index in [4.69, 9.17) is 8.83 Å². The fourth-order valence-corrected chi connectivity index (χ4v) is 2.72. The zero-order chi connectivity index (χ0) is 17.7. The maximum atomic E-state index is 12.9. The normalized spacial score (nSPS) is 13.4. The van der Waals surface area contributed by atoms with Crippen LogP contribution in [0, 0.1) is 0 Å². The maximum absolute atomic E-state index is 12.9. The van der Waals surface area contributed by atoms with Crippen LogP contribution in [0.25, 0.3) is 0 Å². The molecule has 3 aromatic rings. The van der Waals surface area contributed by atoms with E-state index >= 15 is 0 Å². The molecule has 25 heavy (non-hydrogen) atoms. The van der Waals surface area contributed by atoms with Gasteiger partial charge in [0.1, 0.15) is 11.5 Å². The molecule has 1 N–H and O–H groups in total. The molecule has 0 aliphatic carbocycles. The Morgan fingerprint density at radius 2 is 1.52 bits per heavy atom. The Kier molecular flexibility index (Phi) is 5.05. The summed E-state index contributed by atoms with van der Waals surface area (Å²) in [5.41, 5.74) is -0.539. The Labute approximate surface area is 146 Å². The van der Waals surface area contributed by atoms with E-state index in [1.807, 2.05) is 42.5 Å². The van der Waals surface area contributed by atoms with Crippen molar-refractivity contribution >= 4 is 5.91 Å². The van der Waals surface area contributed by atoms with Crippen molar-refractivity contribution < 1.29 is 18.7 Å². The van der Waals surface area contributed by atoms with Gasteiger partial charge in [-0.2, -0.15) is 0 Å². The van der Waals surface area contributed by atoms with Crippen LogP contribution < -0.4 is 0 Å². The van der Waals surface area contributed by atoms with E-state index in [-0.39, 0.29) is 12.3 Å². The van der Waals surface area contributed by atoms with Crippen molar-refractivity contribution in [1.29, 1.82) is 0 Å². The third-order valence-electron chi connectivity index (χ3n) is 4.10. The first-order valence-corrected chi connectivity index (χ1v) is 8.15. The number of hydrogen-bond donors (Lipinski definition) is 1. The average Bonchev–Trinajstić information content (AvgIpc) is 3.28. The molecule has 0 aliphatic heterocycles. The highest BCUT2D eigenvalue weighted by Gasteiger charge is 2.29. The number of carbonyl (C=O) groups is 1. The van der Waals surface area contributed by atoms with Gasteiger partial charge in [-0.05, 0) is 36.8 Å². The highest BCUT2D eigenvalue weighted by atomic mass is 16.3. The summed E-state index contributed by atoms with van der Waals surface area (Å²) in [6, 6.07) is 16.4. The predicted octanol–water partition coefficient (Wildman–Crippen LogP) is 3.70. The van der Waals surface area contributed by atoms with Gasteiger partial charge in [-0.3, -0.25) is 4.79 Å². The summed E-state index contributed by atoms with van der Waals surface area (Å²) in [6.45, 7) is 2.28. The summed E-state index contributed by atoms with van der Waals surface area (Å²) in [6.07, 6.45) is 3.12. The van der Waals surface area contributed by atoms with E-state index < -0.39 is 5.60 Å². The lowest BCUT2D eigenvalue weighted by molar-refractivity contribution is -0.138. The van der Waals surface area contributed by atoms with E-state index in [1.165, 1.54) is 0 Å². The van der Waals surface area contributed by atoms with E-state index in [0.29, 0.717) is 30.2 Å². The molecule has 0 bridgehead atoms. The second-order valence-electron chi connectivity index (χ2n) is 6.23. The van der Waals surface area contributed by atoms with Crippen molar-refractivity contribution in [3.63, 3.8) is 0 Å². The molecule has 130 valence electrons. The van der Waals surface area contributed by atoms with Crippen LogP contribution in [0.15, 0.2) is 76.0 Å². The molecular formula is C20H21NO4. The number of benzene rings is 1. The molecule has 0 saturated carbocycles. The Bertz CT molecular complexity index is 740. The molecule has 0 saturated heterocycles. The minimum Gasteiger partial charge on any atom is -0.467 e. The molecule has 2 aromatic heterocycles. The van der Waals surface area contributed by atoms with E-state index in [0.717, 1.165) is 0 Å². The molecule has 5 heteroatoms. The van der Waals surface area contributed by atoms with Gasteiger partial charge in [0.25, 0.3) is 0 Å². The molecule has 3 rings (SSSR count). The smallest absolute Gasteiger partial charge is 0.226 e. The molecule has 0 radical (unpaired) electrons. The van der Waals surface area contributed by atoms with Gasteiger partial charge in [-0.1, -0.05) is 30.3 Å². The van der Waals surface area contributed by atoms with Gasteiger partial charge in [0, 0.05) is 0 Å². The summed E-state index contributed by atoms with van der Waals surface area (Å²) >= 11 is 0. The highest BCUT2D eigenvalue weighted by molar-refractivity contribution is 5.77. The largest absolute Gasteiger partial charge is 0.467 e. The first-order valence-electron chi connectivity index (χ1n) is 8.15. The Hall–Kier alpha value is -2.79. The molecule has 1 amide bonds. The minimum atomic E-state index is -1.25. The van der Waals surface area contributed by atoms with Crippen molar-refractivity contribution in [2.75, 3.05) is 0 Å². The first-order chi connectivity index (χ1) is 12.0. The topological polar surface area (TPSA) is 66.8 Å². The summed E-state index contributed by atoms with van der Waals surface area (Å²) in [5, 5.41) is 10.8. The molecule has 0 fully saturated rings. The first kappa shape index (κ1) is 17.0. The van der Waals surface area contributed by atoms with Crippen molar-refractivity contribution in [1.82, 2.24) is 4.90 Å². The lowest BCUT2D eigenvalue weighted by Crippen LogP contribution is -2.36. The molecular weight excluding hydrogens is 318 g/mol. The molecule has 0 spiro atoms. The fourth-order valence-electron chi connectivity index (χ4n) is 2.72.